The Hall–Kier alpha value is -0.860. The van der Waals surface area contributed by atoms with E-state index in [2.05, 4.69) is 49.1 Å². The maximum absolute atomic E-state index is 10.1. The number of hydrogen-bond donors (Lipinski definition) is 1. The minimum atomic E-state index is -0.0752. The van der Waals surface area contributed by atoms with Crippen LogP contribution in [-0.4, -0.2) is 29.2 Å². The summed E-state index contributed by atoms with van der Waals surface area (Å²) in [5.41, 5.74) is 1.81. The summed E-state index contributed by atoms with van der Waals surface area (Å²) in [7, 11) is 0. The molecule has 20 heavy (non-hydrogen) atoms. The Morgan fingerprint density at radius 2 is 2.00 bits per heavy atom. The fourth-order valence-corrected chi connectivity index (χ4v) is 4.52. The Bertz CT molecular complexity index is 446. The maximum Gasteiger partial charge on any atom is 0.0568 e. The van der Waals surface area contributed by atoms with E-state index in [-0.39, 0.29) is 6.10 Å². The molecule has 2 aliphatic rings. The lowest BCUT2D eigenvalue weighted by Gasteiger charge is -2.53. The van der Waals surface area contributed by atoms with Crippen LogP contribution in [0.4, 0.5) is 0 Å². The van der Waals surface area contributed by atoms with Gasteiger partial charge in [-0.05, 0) is 48.6 Å². The number of hydrogen-bond acceptors (Lipinski definition) is 2. The van der Waals surface area contributed by atoms with Gasteiger partial charge in [0, 0.05) is 13.1 Å². The number of nitrogens with zero attached hydrogens (tertiary/aromatic N) is 1. The fourth-order valence-electron chi connectivity index (χ4n) is 4.52. The maximum atomic E-state index is 10.1. The lowest BCUT2D eigenvalue weighted by Crippen LogP contribution is -2.53. The summed E-state index contributed by atoms with van der Waals surface area (Å²) < 4.78 is 0. The van der Waals surface area contributed by atoms with Crippen LogP contribution in [0.25, 0.3) is 0 Å². The number of piperidine rings is 1. The van der Waals surface area contributed by atoms with Crippen LogP contribution in [-0.2, 0) is 6.54 Å². The lowest BCUT2D eigenvalue weighted by molar-refractivity contribution is -0.0784. The molecule has 1 aliphatic heterocycles. The minimum absolute atomic E-state index is 0.0752. The van der Waals surface area contributed by atoms with Gasteiger partial charge in [0.2, 0.25) is 0 Å². The van der Waals surface area contributed by atoms with Crippen molar-refractivity contribution in [2.45, 2.75) is 45.8 Å². The second-order valence-corrected chi connectivity index (χ2v) is 7.21. The highest BCUT2D eigenvalue weighted by atomic mass is 16.3. The molecule has 1 N–H and O–H groups in total. The van der Waals surface area contributed by atoms with Crippen LogP contribution in [0, 0.1) is 17.3 Å². The van der Waals surface area contributed by atoms with Crippen molar-refractivity contribution in [3.8, 4) is 0 Å². The van der Waals surface area contributed by atoms with Gasteiger partial charge in [-0.1, -0.05) is 44.2 Å². The fraction of sp³-hybridized carbons (Fsp3) is 0.667. The van der Waals surface area contributed by atoms with Gasteiger partial charge in [0.05, 0.1) is 6.10 Å². The lowest BCUT2D eigenvalue weighted by atomic mass is 9.59. The van der Waals surface area contributed by atoms with E-state index in [1.54, 1.807) is 0 Å². The Labute approximate surface area is 122 Å². The van der Waals surface area contributed by atoms with E-state index in [0.29, 0.717) is 17.3 Å². The predicted octanol–water partition coefficient (Wildman–Crippen LogP) is 3.31. The molecule has 3 rings (SSSR count). The molecule has 2 nitrogen and oxygen atoms in total. The highest BCUT2D eigenvalue weighted by Crippen LogP contribution is 2.48. The van der Waals surface area contributed by atoms with Gasteiger partial charge in [-0.15, -0.1) is 0 Å². The van der Waals surface area contributed by atoms with E-state index < -0.39 is 0 Å². The third kappa shape index (κ3) is 2.64. The summed E-state index contributed by atoms with van der Waals surface area (Å²) >= 11 is 0. The van der Waals surface area contributed by atoms with Gasteiger partial charge in [0.25, 0.3) is 0 Å². The zero-order chi connectivity index (χ0) is 14.2. The van der Waals surface area contributed by atoms with Crippen molar-refractivity contribution in [3.63, 3.8) is 0 Å². The second-order valence-electron chi connectivity index (χ2n) is 7.21. The molecule has 0 radical (unpaired) electrons. The molecule has 0 unspecified atom stereocenters. The summed E-state index contributed by atoms with van der Waals surface area (Å²) in [6, 6.07) is 10.8. The van der Waals surface area contributed by atoms with Crippen molar-refractivity contribution in [1.82, 2.24) is 4.90 Å². The number of benzene rings is 1. The molecular formula is C18H27NO. The minimum Gasteiger partial charge on any atom is -0.393 e. The highest BCUT2D eigenvalue weighted by Gasteiger charge is 2.46. The van der Waals surface area contributed by atoms with Crippen LogP contribution in [0.1, 0.15) is 38.7 Å². The topological polar surface area (TPSA) is 23.5 Å². The number of likely N-dealkylation sites (tertiary alicyclic amines) is 1. The summed E-state index contributed by atoms with van der Waals surface area (Å²) in [5.74, 6) is 1.16. The molecule has 110 valence electrons. The molecule has 2 fully saturated rings. The first kappa shape index (κ1) is 14.1. The molecule has 0 aromatic heterocycles. The van der Waals surface area contributed by atoms with Gasteiger partial charge in [-0.2, -0.15) is 0 Å². The van der Waals surface area contributed by atoms with Gasteiger partial charge in [-0.3, -0.25) is 4.90 Å². The van der Waals surface area contributed by atoms with Gasteiger partial charge < -0.3 is 5.11 Å². The summed E-state index contributed by atoms with van der Waals surface area (Å²) in [5, 5.41) is 10.1. The Balaban J connectivity index is 1.68. The molecule has 4 atom stereocenters. The molecule has 1 heterocycles. The zero-order valence-corrected chi connectivity index (χ0v) is 12.8. The predicted molar refractivity (Wildman–Crippen MR) is 82.3 cm³/mol. The second kappa shape index (κ2) is 5.50. The molecule has 0 amide bonds. The average molecular weight is 273 g/mol. The van der Waals surface area contributed by atoms with Crippen molar-refractivity contribution in [1.29, 1.82) is 0 Å². The van der Waals surface area contributed by atoms with Crippen LogP contribution in [0.3, 0.4) is 0 Å². The number of aliphatic hydroxyl groups is 1. The molecule has 1 aromatic rings. The molecule has 1 saturated carbocycles. The molecule has 1 saturated heterocycles. The van der Waals surface area contributed by atoms with Crippen molar-refractivity contribution in [2.24, 2.45) is 17.3 Å². The average Bonchev–Trinajstić information content (AvgIpc) is 2.44. The summed E-state index contributed by atoms with van der Waals surface area (Å²) in [6.45, 7) is 8.12. The van der Waals surface area contributed by atoms with Gasteiger partial charge in [0.15, 0.2) is 0 Å². The Morgan fingerprint density at radius 1 is 1.25 bits per heavy atom. The Morgan fingerprint density at radius 3 is 2.75 bits per heavy atom. The van der Waals surface area contributed by atoms with Crippen molar-refractivity contribution in [3.05, 3.63) is 35.9 Å². The first-order chi connectivity index (χ1) is 9.58. The monoisotopic (exact) mass is 273 g/mol. The van der Waals surface area contributed by atoms with Crippen LogP contribution < -0.4 is 0 Å². The normalized spacial score (nSPS) is 38.5. The largest absolute Gasteiger partial charge is 0.393 e. The molecule has 1 aliphatic carbocycles. The van der Waals surface area contributed by atoms with Crippen LogP contribution in [0.15, 0.2) is 30.3 Å². The quantitative estimate of drug-likeness (QED) is 0.893. The molecule has 2 heteroatoms. The standard InChI is InChI=1S/C18H27NO/c1-14-16-9-11-19(12-15-6-4-3-5-7-15)13-18(16,2)10-8-17(14)20/h3-7,14,16-17,20H,8-13H2,1-2H3/t14-,16+,17-,18-/m1/s1. The van der Waals surface area contributed by atoms with Gasteiger partial charge in [-0.25, -0.2) is 0 Å². The van der Waals surface area contributed by atoms with Crippen LogP contribution >= 0.6 is 0 Å². The van der Waals surface area contributed by atoms with Crippen molar-refractivity contribution in [2.75, 3.05) is 13.1 Å². The smallest absolute Gasteiger partial charge is 0.0568 e. The zero-order valence-electron chi connectivity index (χ0n) is 12.8. The van der Waals surface area contributed by atoms with Gasteiger partial charge in [0.1, 0.15) is 0 Å². The van der Waals surface area contributed by atoms with Crippen LogP contribution in [0.2, 0.25) is 0 Å². The highest BCUT2D eigenvalue weighted by molar-refractivity contribution is 5.14. The third-order valence-electron chi connectivity index (χ3n) is 5.74. The van der Waals surface area contributed by atoms with Crippen molar-refractivity contribution < 1.29 is 5.11 Å². The third-order valence-corrected chi connectivity index (χ3v) is 5.74. The first-order valence-corrected chi connectivity index (χ1v) is 8.03. The summed E-state index contributed by atoms with van der Waals surface area (Å²) in [6.07, 6.45) is 3.32. The number of rotatable bonds is 2. The van der Waals surface area contributed by atoms with Gasteiger partial charge >= 0.3 is 0 Å². The van der Waals surface area contributed by atoms with E-state index in [0.717, 1.165) is 13.0 Å². The van der Waals surface area contributed by atoms with E-state index in [9.17, 15) is 5.11 Å². The van der Waals surface area contributed by atoms with Crippen LogP contribution in [0.5, 0.6) is 0 Å². The molecule has 1 aromatic carbocycles. The molecule has 0 spiro atoms. The molecule has 0 bridgehead atoms. The molecular weight excluding hydrogens is 246 g/mol. The Kier molecular flexibility index (Phi) is 3.87. The van der Waals surface area contributed by atoms with E-state index in [1.165, 1.54) is 31.5 Å². The number of aliphatic hydroxyl groups excluding tert-OH is 1. The summed E-state index contributed by atoms with van der Waals surface area (Å²) in [4.78, 5) is 2.61. The first-order valence-electron chi connectivity index (χ1n) is 8.03. The van der Waals surface area contributed by atoms with E-state index in [1.807, 2.05) is 0 Å². The number of fused-ring (bicyclic) bond motifs is 1. The van der Waals surface area contributed by atoms with E-state index >= 15 is 0 Å². The van der Waals surface area contributed by atoms with Crippen molar-refractivity contribution >= 4 is 0 Å². The SMILES string of the molecule is C[C@H]1[C@H](O)CC[C@]2(C)CN(Cc3ccccc3)CC[C@@H]12. The van der Waals surface area contributed by atoms with E-state index in [4.69, 9.17) is 0 Å².